The fourth-order valence-electron chi connectivity index (χ4n) is 4.45. The van der Waals surface area contributed by atoms with Crippen molar-refractivity contribution in [3.05, 3.63) is 71.2 Å². The minimum Gasteiger partial charge on any atom is -0.477 e. The van der Waals surface area contributed by atoms with Crippen LogP contribution in [0.4, 0.5) is 0 Å². The van der Waals surface area contributed by atoms with Crippen molar-refractivity contribution < 1.29 is 37.3 Å². The molecule has 3 N–H and O–H groups in total. The van der Waals surface area contributed by atoms with Crippen LogP contribution in [-0.2, 0) is 32.0 Å². The SMILES string of the molecule is C[C@@H](O)[C@H]1C(=O)N2C(C(=O)O)=C(c3ccc(C[n+]4ccc(CS(=O)(=O)O)cc4)cc3)C[C@H]12. The summed E-state index contributed by atoms with van der Waals surface area (Å²) in [6.07, 6.45) is 2.97. The highest BCUT2D eigenvalue weighted by Crippen LogP contribution is 2.46. The number of carboxylic acid groups (broad SMARTS) is 1. The second kappa shape index (κ2) is 8.12. The first-order chi connectivity index (χ1) is 15.0. The largest absolute Gasteiger partial charge is 0.477 e. The van der Waals surface area contributed by atoms with Crippen LogP contribution in [0.3, 0.4) is 0 Å². The number of amides is 1. The average molecular weight is 460 g/mol. The van der Waals surface area contributed by atoms with E-state index in [-0.39, 0.29) is 17.6 Å². The van der Waals surface area contributed by atoms with Crippen LogP contribution in [0.2, 0.25) is 0 Å². The monoisotopic (exact) mass is 459 g/mol. The van der Waals surface area contributed by atoms with Gasteiger partial charge in [0.15, 0.2) is 18.9 Å². The van der Waals surface area contributed by atoms with E-state index in [1.165, 1.54) is 4.90 Å². The van der Waals surface area contributed by atoms with E-state index in [2.05, 4.69) is 0 Å². The number of benzene rings is 1. The smallest absolute Gasteiger partial charge is 0.352 e. The van der Waals surface area contributed by atoms with Crippen molar-refractivity contribution in [2.24, 2.45) is 5.92 Å². The highest BCUT2D eigenvalue weighted by Gasteiger charge is 2.56. The first kappa shape index (κ1) is 22.1. The topological polar surface area (TPSA) is 136 Å². The number of carboxylic acids is 1. The van der Waals surface area contributed by atoms with Gasteiger partial charge in [-0.05, 0) is 30.0 Å². The number of hydrogen-bond acceptors (Lipinski definition) is 5. The van der Waals surface area contributed by atoms with Crippen LogP contribution >= 0.6 is 0 Å². The Labute approximate surface area is 185 Å². The minimum atomic E-state index is -4.08. The van der Waals surface area contributed by atoms with Crippen LogP contribution in [0.15, 0.2) is 54.5 Å². The second-order valence-electron chi connectivity index (χ2n) is 8.18. The van der Waals surface area contributed by atoms with Gasteiger partial charge in [-0.2, -0.15) is 8.42 Å². The lowest BCUT2D eigenvalue weighted by Gasteiger charge is -2.44. The number of aliphatic hydroxyl groups is 1. The van der Waals surface area contributed by atoms with Crippen LogP contribution in [0.1, 0.15) is 30.0 Å². The normalized spacial score (nSPS) is 21.3. The van der Waals surface area contributed by atoms with Gasteiger partial charge in [-0.25, -0.2) is 9.36 Å². The van der Waals surface area contributed by atoms with E-state index in [4.69, 9.17) is 4.55 Å². The maximum Gasteiger partial charge on any atom is 0.352 e. The van der Waals surface area contributed by atoms with Crippen molar-refractivity contribution in [2.75, 3.05) is 0 Å². The summed E-state index contributed by atoms with van der Waals surface area (Å²) in [6.45, 7) is 2.05. The predicted octanol–water partition coefficient (Wildman–Crippen LogP) is 0.817. The molecule has 0 bridgehead atoms. The summed E-state index contributed by atoms with van der Waals surface area (Å²) in [5.74, 6) is -2.55. The van der Waals surface area contributed by atoms with Crippen LogP contribution in [-0.4, -0.2) is 52.1 Å². The number of pyridine rings is 1. The lowest BCUT2D eigenvalue weighted by molar-refractivity contribution is -0.688. The Balaban J connectivity index is 1.51. The van der Waals surface area contributed by atoms with Crippen molar-refractivity contribution in [3.63, 3.8) is 0 Å². The summed E-state index contributed by atoms with van der Waals surface area (Å²) in [5.41, 5.74) is 2.69. The van der Waals surface area contributed by atoms with Crippen LogP contribution in [0.25, 0.3) is 5.57 Å². The molecule has 10 heteroatoms. The fraction of sp³-hybridized carbons (Fsp3) is 0.318. The van der Waals surface area contributed by atoms with E-state index >= 15 is 0 Å². The van der Waals surface area contributed by atoms with E-state index < -0.39 is 33.9 Å². The summed E-state index contributed by atoms with van der Waals surface area (Å²) >= 11 is 0. The van der Waals surface area contributed by atoms with Gasteiger partial charge in [-0.3, -0.25) is 9.35 Å². The Bertz CT molecular complexity index is 1200. The summed E-state index contributed by atoms with van der Waals surface area (Å²) in [6, 6.07) is 10.3. The Morgan fingerprint density at radius 2 is 1.78 bits per heavy atom. The third-order valence-electron chi connectivity index (χ3n) is 5.91. The number of fused-ring (bicyclic) bond motifs is 1. The molecule has 1 saturated heterocycles. The van der Waals surface area contributed by atoms with Crippen molar-refractivity contribution in [2.45, 2.75) is 37.8 Å². The van der Waals surface area contributed by atoms with Gasteiger partial charge in [-0.1, -0.05) is 24.3 Å². The Hall–Kier alpha value is -3.08. The molecule has 0 spiro atoms. The van der Waals surface area contributed by atoms with E-state index in [0.29, 0.717) is 29.7 Å². The van der Waals surface area contributed by atoms with Gasteiger partial charge in [0.25, 0.3) is 10.1 Å². The lowest BCUT2D eigenvalue weighted by Crippen LogP contribution is -2.61. The number of carbonyl (C=O) groups excluding carboxylic acids is 1. The van der Waals surface area contributed by atoms with Gasteiger partial charge in [0, 0.05) is 17.7 Å². The average Bonchev–Trinajstić information content (AvgIpc) is 3.04. The number of aliphatic hydroxyl groups excluding tert-OH is 1. The minimum absolute atomic E-state index is 0.0200. The molecule has 0 saturated carbocycles. The summed E-state index contributed by atoms with van der Waals surface area (Å²) in [4.78, 5) is 25.5. The zero-order valence-electron chi connectivity index (χ0n) is 17.2. The van der Waals surface area contributed by atoms with Gasteiger partial charge in [0.2, 0.25) is 5.91 Å². The Morgan fingerprint density at radius 1 is 1.16 bits per heavy atom. The molecule has 0 radical (unpaired) electrons. The first-order valence-corrected chi connectivity index (χ1v) is 11.7. The van der Waals surface area contributed by atoms with Gasteiger partial charge in [0.05, 0.1) is 18.1 Å². The quantitative estimate of drug-likeness (QED) is 0.317. The fourth-order valence-corrected chi connectivity index (χ4v) is 5.06. The van der Waals surface area contributed by atoms with Crippen LogP contribution in [0.5, 0.6) is 0 Å². The highest BCUT2D eigenvalue weighted by atomic mass is 32.2. The molecule has 0 unspecified atom stereocenters. The van der Waals surface area contributed by atoms with Gasteiger partial charge >= 0.3 is 5.97 Å². The second-order valence-corrected chi connectivity index (χ2v) is 9.63. The molecule has 1 aromatic heterocycles. The zero-order chi connectivity index (χ0) is 23.2. The molecule has 0 aliphatic carbocycles. The first-order valence-electron chi connectivity index (χ1n) is 10.0. The number of nitrogens with zero attached hydrogens (tertiary/aromatic N) is 2. The van der Waals surface area contributed by atoms with Crippen molar-refractivity contribution in [1.29, 1.82) is 0 Å². The number of hydrogen-bond donors (Lipinski definition) is 3. The predicted molar refractivity (Wildman–Crippen MR) is 112 cm³/mol. The highest BCUT2D eigenvalue weighted by molar-refractivity contribution is 7.85. The molecule has 3 atom stereocenters. The maximum absolute atomic E-state index is 12.4. The van der Waals surface area contributed by atoms with E-state index in [1.54, 1.807) is 31.5 Å². The van der Waals surface area contributed by atoms with Gasteiger partial charge in [0.1, 0.15) is 11.4 Å². The van der Waals surface area contributed by atoms with Crippen molar-refractivity contribution in [1.82, 2.24) is 4.90 Å². The Morgan fingerprint density at radius 3 is 2.31 bits per heavy atom. The number of β-lactam (4-membered cyclic amide) rings is 1. The van der Waals surface area contributed by atoms with Gasteiger partial charge in [-0.15, -0.1) is 0 Å². The van der Waals surface area contributed by atoms with Crippen molar-refractivity contribution in [3.8, 4) is 0 Å². The van der Waals surface area contributed by atoms with Gasteiger partial charge < -0.3 is 15.1 Å². The van der Waals surface area contributed by atoms with Crippen LogP contribution in [0, 0.1) is 5.92 Å². The molecular weight excluding hydrogens is 436 g/mol. The number of rotatable bonds is 7. The van der Waals surface area contributed by atoms with Crippen LogP contribution < -0.4 is 4.57 Å². The molecule has 3 heterocycles. The molecule has 32 heavy (non-hydrogen) atoms. The standard InChI is InChI=1S/C22H22N2O7S/c1-13(25)19-18-10-17(20(22(27)28)24(18)21(19)26)16-4-2-14(3-5-16)11-23-8-6-15(7-9-23)12-32(29,30)31/h2-9,13,18-19,25H,10-12H2,1H3,(H-,27,28,29,30,31)/p+1/t13-,18-,19-/m1/s1. The van der Waals surface area contributed by atoms with E-state index in [0.717, 1.165) is 5.56 Å². The molecule has 168 valence electrons. The molecule has 2 aromatic rings. The van der Waals surface area contributed by atoms with E-state index in [1.807, 2.05) is 28.8 Å². The Kier molecular flexibility index (Phi) is 5.61. The summed E-state index contributed by atoms with van der Waals surface area (Å²) in [5, 5.41) is 19.5. The third kappa shape index (κ3) is 4.16. The molecule has 9 nitrogen and oxygen atoms in total. The molecule has 2 aliphatic heterocycles. The zero-order valence-corrected chi connectivity index (χ0v) is 18.1. The van der Waals surface area contributed by atoms with E-state index in [9.17, 15) is 28.2 Å². The molecule has 1 fully saturated rings. The number of carbonyl (C=O) groups is 2. The number of aliphatic carboxylic acids is 1. The summed E-state index contributed by atoms with van der Waals surface area (Å²) < 4.78 is 32.7. The molecular formula is C22H23N2O7S+. The van der Waals surface area contributed by atoms with Crippen molar-refractivity contribution >= 4 is 27.6 Å². The molecule has 1 aromatic carbocycles. The molecule has 4 rings (SSSR count). The lowest BCUT2D eigenvalue weighted by atomic mass is 9.82. The number of aromatic nitrogens is 1. The maximum atomic E-state index is 12.4. The third-order valence-corrected chi connectivity index (χ3v) is 6.61. The molecule has 2 aliphatic rings. The molecule has 1 amide bonds. The summed E-state index contributed by atoms with van der Waals surface area (Å²) in [7, 11) is -4.08.